The van der Waals surface area contributed by atoms with Gasteiger partial charge in [0.2, 0.25) is 0 Å². The van der Waals surface area contributed by atoms with E-state index in [1.54, 1.807) is 0 Å². The molecule has 1 fully saturated rings. The molecule has 1 aromatic carbocycles. The Labute approximate surface area is 137 Å². The van der Waals surface area contributed by atoms with Crippen LogP contribution in [-0.2, 0) is 4.79 Å². The molecule has 0 radical (unpaired) electrons. The summed E-state index contributed by atoms with van der Waals surface area (Å²) in [4.78, 5) is 27.7. The lowest BCUT2D eigenvalue weighted by Gasteiger charge is -2.29. The molecule has 0 saturated carbocycles. The molecule has 2 aliphatic rings. The number of rotatable bonds is 5. The SMILES string of the molecule is CCC[C@H]1NC(=O)N(CN2CC=C(c3ccccc3)CC2)C1=O. The first-order valence-electron chi connectivity index (χ1n) is 8.27. The van der Waals surface area contributed by atoms with Gasteiger partial charge < -0.3 is 5.32 Å². The molecule has 3 rings (SSSR count). The second-order valence-corrected chi connectivity index (χ2v) is 6.12. The van der Waals surface area contributed by atoms with Crippen molar-refractivity contribution >= 4 is 17.5 Å². The van der Waals surface area contributed by atoms with Gasteiger partial charge in [-0.1, -0.05) is 49.8 Å². The summed E-state index contributed by atoms with van der Waals surface area (Å²) in [6, 6.07) is 9.75. The number of hydrogen-bond donors (Lipinski definition) is 1. The van der Waals surface area contributed by atoms with E-state index in [4.69, 9.17) is 0 Å². The number of carbonyl (C=O) groups excluding carboxylic acids is 2. The van der Waals surface area contributed by atoms with Gasteiger partial charge in [0, 0.05) is 13.1 Å². The average Bonchev–Trinajstić information content (AvgIpc) is 2.84. The Morgan fingerprint density at radius 1 is 1.22 bits per heavy atom. The molecule has 122 valence electrons. The molecule has 0 unspecified atom stereocenters. The Kier molecular flexibility index (Phi) is 4.76. The van der Waals surface area contributed by atoms with Crippen LogP contribution < -0.4 is 5.32 Å². The number of carbonyl (C=O) groups is 2. The highest BCUT2D eigenvalue weighted by Crippen LogP contribution is 2.22. The van der Waals surface area contributed by atoms with E-state index in [0.717, 1.165) is 25.9 Å². The molecular formula is C18H23N3O2. The number of nitrogens with zero attached hydrogens (tertiary/aromatic N) is 2. The summed E-state index contributed by atoms with van der Waals surface area (Å²) in [6.45, 7) is 4.02. The summed E-state index contributed by atoms with van der Waals surface area (Å²) in [5, 5.41) is 2.77. The standard InChI is InChI=1S/C18H23N3O2/c1-2-6-16-17(22)21(18(23)19-16)13-20-11-9-15(10-12-20)14-7-4-3-5-8-14/h3-5,7-9,16H,2,6,10-13H2,1H3,(H,19,23)/t16-/m1/s1. The Balaban J connectivity index is 1.59. The molecule has 5 heteroatoms. The molecule has 1 N–H and O–H groups in total. The fourth-order valence-electron chi connectivity index (χ4n) is 3.15. The van der Waals surface area contributed by atoms with Gasteiger partial charge in [-0.15, -0.1) is 0 Å². The topological polar surface area (TPSA) is 52.7 Å². The van der Waals surface area contributed by atoms with Gasteiger partial charge in [-0.25, -0.2) is 9.69 Å². The third-order valence-electron chi connectivity index (χ3n) is 4.46. The monoisotopic (exact) mass is 313 g/mol. The van der Waals surface area contributed by atoms with E-state index in [0.29, 0.717) is 13.1 Å². The largest absolute Gasteiger partial charge is 0.326 e. The number of nitrogens with one attached hydrogen (secondary N) is 1. The second kappa shape index (κ2) is 6.96. The van der Waals surface area contributed by atoms with E-state index in [-0.39, 0.29) is 18.0 Å². The molecule has 0 aliphatic carbocycles. The first kappa shape index (κ1) is 15.7. The van der Waals surface area contributed by atoms with Gasteiger partial charge in [0.15, 0.2) is 0 Å². The third kappa shape index (κ3) is 3.45. The fraction of sp³-hybridized carbons (Fsp3) is 0.444. The molecule has 1 aromatic rings. The fourth-order valence-corrected chi connectivity index (χ4v) is 3.15. The molecule has 0 bridgehead atoms. The Morgan fingerprint density at radius 2 is 2.00 bits per heavy atom. The maximum Gasteiger partial charge on any atom is 0.325 e. The van der Waals surface area contributed by atoms with Crippen molar-refractivity contribution in [3.8, 4) is 0 Å². The van der Waals surface area contributed by atoms with E-state index in [1.165, 1.54) is 16.0 Å². The van der Waals surface area contributed by atoms with Crippen LogP contribution in [-0.4, -0.2) is 47.5 Å². The van der Waals surface area contributed by atoms with Gasteiger partial charge in [-0.3, -0.25) is 9.69 Å². The predicted molar refractivity (Wildman–Crippen MR) is 89.5 cm³/mol. The zero-order chi connectivity index (χ0) is 16.2. The van der Waals surface area contributed by atoms with Crippen molar-refractivity contribution in [2.45, 2.75) is 32.2 Å². The number of benzene rings is 1. The van der Waals surface area contributed by atoms with Crippen LogP contribution in [0, 0.1) is 0 Å². The van der Waals surface area contributed by atoms with E-state index < -0.39 is 0 Å². The lowest BCUT2D eigenvalue weighted by molar-refractivity contribution is -0.129. The molecule has 1 saturated heterocycles. The summed E-state index contributed by atoms with van der Waals surface area (Å²) in [5.74, 6) is -0.0883. The summed E-state index contributed by atoms with van der Waals surface area (Å²) in [7, 11) is 0. The highest BCUT2D eigenvalue weighted by atomic mass is 16.2. The Morgan fingerprint density at radius 3 is 2.65 bits per heavy atom. The Hall–Kier alpha value is -2.14. The molecule has 3 amide bonds. The van der Waals surface area contributed by atoms with Crippen LogP contribution in [0.25, 0.3) is 5.57 Å². The third-order valence-corrected chi connectivity index (χ3v) is 4.46. The van der Waals surface area contributed by atoms with Crippen molar-refractivity contribution in [3.63, 3.8) is 0 Å². The van der Waals surface area contributed by atoms with E-state index in [2.05, 4.69) is 28.4 Å². The van der Waals surface area contributed by atoms with Gasteiger partial charge in [0.1, 0.15) is 6.04 Å². The molecule has 0 aromatic heterocycles. The van der Waals surface area contributed by atoms with Gasteiger partial charge in [0.25, 0.3) is 5.91 Å². The predicted octanol–water partition coefficient (Wildman–Crippen LogP) is 2.45. The van der Waals surface area contributed by atoms with Crippen LogP contribution in [0.15, 0.2) is 36.4 Å². The number of amides is 3. The van der Waals surface area contributed by atoms with Crippen molar-refractivity contribution in [2.24, 2.45) is 0 Å². The van der Waals surface area contributed by atoms with E-state index in [1.807, 2.05) is 25.1 Å². The second-order valence-electron chi connectivity index (χ2n) is 6.12. The smallest absolute Gasteiger partial charge is 0.325 e. The van der Waals surface area contributed by atoms with Gasteiger partial charge >= 0.3 is 6.03 Å². The molecule has 23 heavy (non-hydrogen) atoms. The van der Waals surface area contributed by atoms with Crippen LogP contribution >= 0.6 is 0 Å². The van der Waals surface area contributed by atoms with Gasteiger partial charge in [0.05, 0.1) is 6.67 Å². The lowest BCUT2D eigenvalue weighted by Crippen LogP contribution is -2.43. The number of hydrogen-bond acceptors (Lipinski definition) is 3. The van der Waals surface area contributed by atoms with Crippen LogP contribution in [0.3, 0.4) is 0 Å². The Bertz CT molecular complexity index is 612. The average molecular weight is 313 g/mol. The van der Waals surface area contributed by atoms with Crippen LogP contribution in [0.4, 0.5) is 4.79 Å². The minimum Gasteiger partial charge on any atom is -0.326 e. The summed E-state index contributed by atoms with van der Waals surface area (Å²) in [5.41, 5.74) is 2.59. The highest BCUT2D eigenvalue weighted by Gasteiger charge is 2.38. The van der Waals surface area contributed by atoms with Crippen LogP contribution in [0.5, 0.6) is 0 Å². The zero-order valence-electron chi connectivity index (χ0n) is 13.5. The molecule has 5 nitrogen and oxygen atoms in total. The first-order chi connectivity index (χ1) is 11.2. The van der Waals surface area contributed by atoms with Gasteiger partial charge in [-0.2, -0.15) is 0 Å². The molecular weight excluding hydrogens is 290 g/mol. The normalized spacial score (nSPS) is 22.2. The highest BCUT2D eigenvalue weighted by molar-refractivity contribution is 6.04. The summed E-state index contributed by atoms with van der Waals surface area (Å²) >= 11 is 0. The maximum atomic E-state index is 12.3. The van der Waals surface area contributed by atoms with Crippen LogP contribution in [0.1, 0.15) is 31.7 Å². The van der Waals surface area contributed by atoms with Gasteiger partial charge in [-0.05, 0) is 24.0 Å². The minimum atomic E-state index is -0.340. The number of urea groups is 1. The van der Waals surface area contributed by atoms with Crippen molar-refractivity contribution in [3.05, 3.63) is 42.0 Å². The van der Waals surface area contributed by atoms with Crippen LogP contribution in [0.2, 0.25) is 0 Å². The van der Waals surface area contributed by atoms with Crippen molar-refractivity contribution in [1.82, 2.24) is 15.1 Å². The first-order valence-corrected chi connectivity index (χ1v) is 8.27. The molecule has 0 spiro atoms. The van der Waals surface area contributed by atoms with Crippen molar-refractivity contribution < 1.29 is 9.59 Å². The molecule has 2 aliphatic heterocycles. The quantitative estimate of drug-likeness (QED) is 0.850. The minimum absolute atomic E-state index is 0.0883. The lowest BCUT2D eigenvalue weighted by atomic mass is 10.00. The summed E-state index contributed by atoms with van der Waals surface area (Å²) < 4.78 is 0. The zero-order valence-corrected chi connectivity index (χ0v) is 13.5. The maximum absolute atomic E-state index is 12.3. The van der Waals surface area contributed by atoms with E-state index >= 15 is 0 Å². The number of imide groups is 1. The molecule has 1 atom stereocenters. The van der Waals surface area contributed by atoms with Crippen molar-refractivity contribution in [2.75, 3.05) is 19.8 Å². The summed E-state index contributed by atoms with van der Waals surface area (Å²) in [6.07, 6.45) is 4.73. The van der Waals surface area contributed by atoms with E-state index in [9.17, 15) is 9.59 Å². The van der Waals surface area contributed by atoms with Crippen molar-refractivity contribution in [1.29, 1.82) is 0 Å². The molecule has 2 heterocycles.